The highest BCUT2D eigenvalue weighted by molar-refractivity contribution is 6.30. The number of benzene rings is 1. The Bertz CT molecular complexity index is 539. The van der Waals surface area contributed by atoms with E-state index in [1.807, 2.05) is 0 Å². The molecular weight excluding hydrogens is 212 g/mol. The van der Waals surface area contributed by atoms with E-state index in [2.05, 4.69) is 16.3 Å². The number of rotatable bonds is 1. The van der Waals surface area contributed by atoms with Crippen LogP contribution in [-0.2, 0) is 7.05 Å². The number of hydrogen-bond donors (Lipinski definition) is 0. The second kappa shape index (κ2) is 3.71. The van der Waals surface area contributed by atoms with Gasteiger partial charge >= 0.3 is 0 Å². The lowest BCUT2D eigenvalue weighted by Crippen LogP contribution is -1.92. The van der Waals surface area contributed by atoms with Crippen LogP contribution in [0.4, 0.5) is 0 Å². The van der Waals surface area contributed by atoms with Crippen LogP contribution in [0.3, 0.4) is 0 Å². The van der Waals surface area contributed by atoms with Gasteiger partial charge in [-0.25, -0.2) is 0 Å². The molecule has 0 N–H and O–H groups in total. The molecule has 0 aliphatic carbocycles. The lowest BCUT2D eigenvalue weighted by atomic mass is 10.1. The maximum Gasteiger partial charge on any atom is 0.114 e. The molecule has 0 spiro atoms. The third-order valence-corrected chi connectivity index (χ3v) is 2.21. The molecular formula is C10H7ClN4. The number of nitriles is 1. The molecule has 2 aromatic rings. The summed E-state index contributed by atoms with van der Waals surface area (Å²) in [7, 11) is 1.72. The van der Waals surface area contributed by atoms with E-state index in [4.69, 9.17) is 16.9 Å². The van der Waals surface area contributed by atoms with Gasteiger partial charge in [-0.2, -0.15) is 20.3 Å². The molecule has 0 bridgehead atoms. The SMILES string of the molecule is Cn1ncc(-c2cc(Cl)ccc2C#N)n1. The van der Waals surface area contributed by atoms with Crippen molar-refractivity contribution in [2.24, 2.45) is 7.05 Å². The first-order valence-corrected chi connectivity index (χ1v) is 4.65. The van der Waals surface area contributed by atoms with Crippen LogP contribution < -0.4 is 0 Å². The van der Waals surface area contributed by atoms with Crippen LogP contribution in [0.15, 0.2) is 24.4 Å². The van der Waals surface area contributed by atoms with Crippen molar-refractivity contribution in [1.29, 1.82) is 5.26 Å². The van der Waals surface area contributed by atoms with E-state index in [0.717, 1.165) is 0 Å². The number of halogens is 1. The Labute approximate surface area is 91.7 Å². The molecule has 0 fully saturated rings. The Balaban J connectivity index is 2.61. The van der Waals surface area contributed by atoms with Crippen molar-refractivity contribution >= 4 is 11.6 Å². The standard InChI is InChI=1S/C10H7ClN4/c1-15-13-6-10(14-15)9-4-8(11)3-2-7(9)5-12/h2-4,6H,1H3. The highest BCUT2D eigenvalue weighted by Crippen LogP contribution is 2.24. The Morgan fingerprint density at radius 2 is 2.27 bits per heavy atom. The van der Waals surface area contributed by atoms with Gasteiger partial charge in [0.25, 0.3) is 0 Å². The fourth-order valence-corrected chi connectivity index (χ4v) is 1.47. The molecule has 2 rings (SSSR count). The van der Waals surface area contributed by atoms with Crippen molar-refractivity contribution in [2.45, 2.75) is 0 Å². The second-order valence-corrected chi connectivity index (χ2v) is 3.46. The molecule has 0 amide bonds. The van der Waals surface area contributed by atoms with Gasteiger partial charge < -0.3 is 0 Å². The summed E-state index contributed by atoms with van der Waals surface area (Å²) < 4.78 is 0. The summed E-state index contributed by atoms with van der Waals surface area (Å²) in [6.07, 6.45) is 1.60. The van der Waals surface area contributed by atoms with E-state index >= 15 is 0 Å². The van der Waals surface area contributed by atoms with Crippen LogP contribution in [0.1, 0.15) is 5.56 Å². The molecule has 1 aromatic carbocycles. The predicted molar refractivity (Wildman–Crippen MR) is 56.2 cm³/mol. The molecule has 0 aliphatic rings. The maximum atomic E-state index is 8.93. The first-order valence-electron chi connectivity index (χ1n) is 4.27. The molecule has 0 saturated heterocycles. The minimum atomic E-state index is 0.542. The van der Waals surface area contributed by atoms with Crippen molar-refractivity contribution in [1.82, 2.24) is 15.0 Å². The molecule has 0 radical (unpaired) electrons. The Kier molecular flexibility index (Phi) is 2.40. The van der Waals surface area contributed by atoms with Crippen molar-refractivity contribution in [3.8, 4) is 17.3 Å². The summed E-state index contributed by atoms with van der Waals surface area (Å²) >= 11 is 5.87. The van der Waals surface area contributed by atoms with E-state index < -0.39 is 0 Å². The summed E-state index contributed by atoms with van der Waals surface area (Å²) in [6.45, 7) is 0. The van der Waals surface area contributed by atoms with Gasteiger partial charge in [-0.05, 0) is 18.2 Å². The van der Waals surface area contributed by atoms with Gasteiger partial charge in [0.15, 0.2) is 0 Å². The average Bonchev–Trinajstić information content (AvgIpc) is 2.65. The zero-order chi connectivity index (χ0) is 10.8. The summed E-state index contributed by atoms with van der Waals surface area (Å²) in [5.74, 6) is 0. The Morgan fingerprint density at radius 1 is 1.47 bits per heavy atom. The first-order chi connectivity index (χ1) is 7.20. The van der Waals surface area contributed by atoms with Gasteiger partial charge in [0.05, 0.1) is 17.8 Å². The van der Waals surface area contributed by atoms with E-state index in [-0.39, 0.29) is 0 Å². The molecule has 1 heterocycles. The number of hydrogen-bond acceptors (Lipinski definition) is 3. The molecule has 4 nitrogen and oxygen atoms in total. The van der Waals surface area contributed by atoms with E-state index in [1.54, 1.807) is 31.4 Å². The van der Waals surface area contributed by atoms with Crippen LogP contribution in [0.2, 0.25) is 5.02 Å². The highest BCUT2D eigenvalue weighted by Gasteiger charge is 2.08. The number of aromatic nitrogens is 3. The molecule has 0 aliphatic heterocycles. The van der Waals surface area contributed by atoms with E-state index in [0.29, 0.717) is 21.8 Å². The molecule has 0 saturated carbocycles. The lowest BCUT2D eigenvalue weighted by molar-refractivity contribution is 0.655. The minimum Gasteiger partial charge on any atom is -0.192 e. The van der Waals surface area contributed by atoms with Crippen LogP contribution in [-0.4, -0.2) is 15.0 Å². The molecule has 0 unspecified atom stereocenters. The smallest absolute Gasteiger partial charge is 0.114 e. The average molecular weight is 219 g/mol. The van der Waals surface area contributed by atoms with Crippen LogP contribution in [0.25, 0.3) is 11.3 Å². The summed E-state index contributed by atoms with van der Waals surface area (Å²) in [5.41, 5.74) is 1.90. The fraction of sp³-hybridized carbons (Fsp3) is 0.100. The topological polar surface area (TPSA) is 54.5 Å². The number of nitrogens with zero attached hydrogens (tertiary/aromatic N) is 4. The second-order valence-electron chi connectivity index (χ2n) is 3.02. The lowest BCUT2D eigenvalue weighted by Gasteiger charge is -1.99. The van der Waals surface area contributed by atoms with Gasteiger partial charge in [-0.1, -0.05) is 11.6 Å². The van der Waals surface area contributed by atoms with Crippen molar-refractivity contribution in [2.75, 3.05) is 0 Å². The molecule has 1 aromatic heterocycles. The van der Waals surface area contributed by atoms with E-state index in [9.17, 15) is 0 Å². The van der Waals surface area contributed by atoms with Gasteiger partial charge in [0, 0.05) is 17.6 Å². The quantitative estimate of drug-likeness (QED) is 0.736. The van der Waals surface area contributed by atoms with Gasteiger partial charge in [-0.3, -0.25) is 0 Å². The van der Waals surface area contributed by atoms with Crippen LogP contribution in [0.5, 0.6) is 0 Å². The Hall–Kier alpha value is -1.86. The Morgan fingerprint density at radius 3 is 2.87 bits per heavy atom. The fourth-order valence-electron chi connectivity index (χ4n) is 1.30. The largest absolute Gasteiger partial charge is 0.192 e. The third-order valence-electron chi connectivity index (χ3n) is 1.98. The normalized spacial score (nSPS) is 9.93. The molecule has 0 atom stereocenters. The maximum absolute atomic E-state index is 8.93. The summed E-state index contributed by atoms with van der Waals surface area (Å²) in [6, 6.07) is 7.16. The van der Waals surface area contributed by atoms with Gasteiger partial charge in [0.1, 0.15) is 5.69 Å². The van der Waals surface area contributed by atoms with Crippen LogP contribution in [0, 0.1) is 11.3 Å². The van der Waals surface area contributed by atoms with Crippen molar-refractivity contribution in [3.05, 3.63) is 35.0 Å². The van der Waals surface area contributed by atoms with Crippen molar-refractivity contribution in [3.63, 3.8) is 0 Å². The third kappa shape index (κ3) is 1.83. The number of aryl methyl sites for hydroxylation is 1. The van der Waals surface area contributed by atoms with E-state index in [1.165, 1.54) is 4.80 Å². The first kappa shape index (κ1) is 9.69. The molecule has 15 heavy (non-hydrogen) atoms. The summed E-state index contributed by atoms with van der Waals surface area (Å²) in [4.78, 5) is 1.44. The monoisotopic (exact) mass is 218 g/mol. The van der Waals surface area contributed by atoms with Crippen molar-refractivity contribution < 1.29 is 0 Å². The zero-order valence-corrected chi connectivity index (χ0v) is 8.73. The van der Waals surface area contributed by atoms with Crippen LogP contribution >= 0.6 is 11.6 Å². The summed E-state index contributed by atoms with van der Waals surface area (Å²) in [5, 5.41) is 17.6. The predicted octanol–water partition coefficient (Wildman–Crippen LogP) is 2.01. The molecule has 5 heteroatoms. The molecule has 74 valence electrons. The zero-order valence-electron chi connectivity index (χ0n) is 7.98. The minimum absolute atomic E-state index is 0.542. The van der Waals surface area contributed by atoms with Gasteiger partial charge in [-0.15, -0.1) is 0 Å². The highest BCUT2D eigenvalue weighted by atomic mass is 35.5. The van der Waals surface area contributed by atoms with Gasteiger partial charge in [0.2, 0.25) is 0 Å².